The fraction of sp³-hybridized carbons (Fsp3) is 0.333. The molecule has 0 bridgehead atoms. The normalized spacial score (nSPS) is 12.5. The minimum absolute atomic E-state index is 0.427. The Morgan fingerprint density at radius 3 is 2.67 bits per heavy atom. The van der Waals surface area contributed by atoms with Crippen molar-refractivity contribution in [1.82, 2.24) is 0 Å². The van der Waals surface area contributed by atoms with Gasteiger partial charge >= 0.3 is 0 Å². The maximum absolute atomic E-state index is 9.95. The van der Waals surface area contributed by atoms with Gasteiger partial charge in [-0.05, 0) is 37.5 Å². The van der Waals surface area contributed by atoms with Crippen LogP contribution < -0.4 is 0 Å². The van der Waals surface area contributed by atoms with E-state index in [2.05, 4.69) is 38.4 Å². The first kappa shape index (κ1) is 12.9. The highest BCUT2D eigenvalue weighted by Crippen LogP contribution is 2.29. The largest absolute Gasteiger partial charge is 0.388 e. The molecule has 1 unspecified atom stereocenters. The Bertz CT molecular complexity index is 361. The summed E-state index contributed by atoms with van der Waals surface area (Å²) in [5.74, 6) is 0. The molecule has 0 saturated carbocycles. The number of benzene rings is 1. The van der Waals surface area contributed by atoms with E-state index >= 15 is 0 Å². The minimum Gasteiger partial charge on any atom is -0.388 e. The molecule has 0 aliphatic carbocycles. The average molecular weight is 334 g/mol. The Morgan fingerprint density at radius 2 is 2.13 bits per heavy atom. The fourth-order valence-electron chi connectivity index (χ4n) is 1.31. The molecule has 1 N–H and O–H groups in total. The van der Waals surface area contributed by atoms with E-state index in [-0.39, 0.29) is 0 Å². The molecule has 3 heteroatoms. The molecule has 0 aliphatic heterocycles. The van der Waals surface area contributed by atoms with Crippen molar-refractivity contribution in [3.63, 3.8) is 0 Å². The molecule has 1 rings (SSSR count). The van der Waals surface area contributed by atoms with Crippen LogP contribution in [0.3, 0.4) is 0 Å². The van der Waals surface area contributed by atoms with E-state index in [1.54, 1.807) is 0 Å². The zero-order valence-electron chi connectivity index (χ0n) is 8.63. The van der Waals surface area contributed by atoms with Crippen molar-refractivity contribution in [2.75, 3.05) is 0 Å². The van der Waals surface area contributed by atoms with Crippen molar-refractivity contribution < 1.29 is 5.11 Å². The van der Waals surface area contributed by atoms with Gasteiger partial charge in [-0.1, -0.05) is 43.5 Å². The Kier molecular flexibility index (Phi) is 5.03. The maximum Gasteiger partial charge on any atom is 0.0804 e. The van der Waals surface area contributed by atoms with Gasteiger partial charge in [0.2, 0.25) is 0 Å². The number of rotatable bonds is 4. The van der Waals surface area contributed by atoms with Crippen LogP contribution in [-0.4, -0.2) is 5.11 Å². The van der Waals surface area contributed by atoms with Gasteiger partial charge < -0.3 is 5.11 Å². The van der Waals surface area contributed by atoms with Crippen molar-refractivity contribution in [1.29, 1.82) is 0 Å². The molecule has 1 aromatic rings. The van der Waals surface area contributed by atoms with Crippen molar-refractivity contribution in [2.45, 2.75) is 25.9 Å². The summed E-state index contributed by atoms with van der Waals surface area (Å²) in [4.78, 5) is 0. The molecule has 0 fully saturated rings. The molecule has 0 saturated heterocycles. The molecule has 0 amide bonds. The molecule has 1 nitrogen and oxygen atoms in total. The number of allylic oxidation sites excluding steroid dienone is 1. The molecule has 0 aromatic heterocycles. The molecule has 1 aromatic carbocycles. The van der Waals surface area contributed by atoms with Crippen LogP contribution in [0.2, 0.25) is 0 Å². The summed E-state index contributed by atoms with van der Waals surface area (Å²) in [6, 6.07) is 5.81. The number of aliphatic hydroxyl groups is 1. The van der Waals surface area contributed by atoms with Gasteiger partial charge in [0.05, 0.1) is 6.10 Å². The van der Waals surface area contributed by atoms with Gasteiger partial charge in [-0.15, -0.1) is 6.58 Å². The van der Waals surface area contributed by atoms with E-state index < -0.39 is 6.10 Å². The third-order valence-electron chi connectivity index (χ3n) is 2.17. The lowest BCUT2D eigenvalue weighted by Crippen LogP contribution is -1.98. The standard InChI is InChI=1S/C12H14Br2O/c1-8(2)3-6-12(15)10-5-4-9(13)7-11(10)14/h4-5,7,12,15H,1,3,6H2,2H3. The molecule has 0 spiro atoms. The van der Waals surface area contributed by atoms with Gasteiger partial charge in [0, 0.05) is 8.95 Å². The number of halogens is 2. The van der Waals surface area contributed by atoms with Crippen LogP contribution in [0.15, 0.2) is 39.3 Å². The summed E-state index contributed by atoms with van der Waals surface area (Å²) in [5, 5.41) is 9.95. The van der Waals surface area contributed by atoms with Gasteiger partial charge in [-0.3, -0.25) is 0 Å². The summed E-state index contributed by atoms with van der Waals surface area (Å²) < 4.78 is 1.94. The van der Waals surface area contributed by atoms with Crippen molar-refractivity contribution in [2.24, 2.45) is 0 Å². The molecule has 82 valence electrons. The van der Waals surface area contributed by atoms with Crippen molar-refractivity contribution in [3.8, 4) is 0 Å². The summed E-state index contributed by atoms with van der Waals surface area (Å²) in [6.07, 6.45) is 1.14. The molecular weight excluding hydrogens is 320 g/mol. The Hall–Kier alpha value is -0.120. The second kappa shape index (κ2) is 5.83. The van der Waals surface area contributed by atoms with Crippen LogP contribution in [0.25, 0.3) is 0 Å². The smallest absolute Gasteiger partial charge is 0.0804 e. The first-order chi connectivity index (χ1) is 7.00. The summed E-state index contributed by atoms with van der Waals surface area (Å²) in [6.45, 7) is 5.80. The van der Waals surface area contributed by atoms with E-state index in [0.29, 0.717) is 0 Å². The van der Waals surface area contributed by atoms with E-state index in [0.717, 1.165) is 32.9 Å². The number of hydrogen-bond donors (Lipinski definition) is 1. The van der Waals surface area contributed by atoms with Crippen LogP contribution >= 0.6 is 31.9 Å². The predicted molar refractivity (Wildman–Crippen MR) is 70.8 cm³/mol. The van der Waals surface area contributed by atoms with Gasteiger partial charge in [-0.2, -0.15) is 0 Å². The number of hydrogen-bond acceptors (Lipinski definition) is 1. The Morgan fingerprint density at radius 1 is 1.47 bits per heavy atom. The van der Waals surface area contributed by atoms with Gasteiger partial charge in [0.1, 0.15) is 0 Å². The van der Waals surface area contributed by atoms with Gasteiger partial charge in [0.15, 0.2) is 0 Å². The van der Waals surface area contributed by atoms with Crippen molar-refractivity contribution in [3.05, 3.63) is 44.9 Å². The van der Waals surface area contributed by atoms with Gasteiger partial charge in [0.25, 0.3) is 0 Å². The third-order valence-corrected chi connectivity index (χ3v) is 3.35. The minimum atomic E-state index is -0.427. The maximum atomic E-state index is 9.95. The first-order valence-corrected chi connectivity index (χ1v) is 6.36. The summed E-state index contributed by atoms with van der Waals surface area (Å²) in [7, 11) is 0. The average Bonchev–Trinajstić information content (AvgIpc) is 2.14. The third kappa shape index (κ3) is 4.09. The zero-order valence-corrected chi connectivity index (χ0v) is 11.8. The summed E-state index contributed by atoms with van der Waals surface area (Å²) in [5.41, 5.74) is 2.03. The van der Waals surface area contributed by atoms with E-state index in [9.17, 15) is 5.11 Å². The van der Waals surface area contributed by atoms with E-state index in [4.69, 9.17) is 0 Å². The fourth-order valence-corrected chi connectivity index (χ4v) is 2.62. The molecule has 0 radical (unpaired) electrons. The van der Waals surface area contributed by atoms with Crippen LogP contribution in [0, 0.1) is 0 Å². The van der Waals surface area contributed by atoms with Crippen LogP contribution in [0.4, 0.5) is 0 Å². The lowest BCUT2D eigenvalue weighted by molar-refractivity contribution is 0.167. The van der Waals surface area contributed by atoms with Crippen LogP contribution in [0.5, 0.6) is 0 Å². The Labute approximate surface area is 107 Å². The highest BCUT2D eigenvalue weighted by atomic mass is 79.9. The van der Waals surface area contributed by atoms with E-state index in [1.807, 2.05) is 25.1 Å². The SMILES string of the molecule is C=C(C)CCC(O)c1ccc(Br)cc1Br. The van der Waals surface area contributed by atoms with Gasteiger partial charge in [-0.25, -0.2) is 0 Å². The second-order valence-corrected chi connectivity index (χ2v) is 5.45. The molecule has 0 heterocycles. The molecule has 0 aliphatic rings. The predicted octanol–water partition coefficient (Wildman–Crippen LogP) is 4.60. The van der Waals surface area contributed by atoms with E-state index in [1.165, 1.54) is 0 Å². The Balaban J connectivity index is 2.73. The zero-order chi connectivity index (χ0) is 11.4. The highest BCUT2D eigenvalue weighted by molar-refractivity contribution is 9.11. The molecule has 1 atom stereocenters. The first-order valence-electron chi connectivity index (χ1n) is 4.78. The molecular formula is C12H14Br2O. The molecule has 15 heavy (non-hydrogen) atoms. The monoisotopic (exact) mass is 332 g/mol. The highest BCUT2D eigenvalue weighted by Gasteiger charge is 2.11. The lowest BCUT2D eigenvalue weighted by atomic mass is 10.0. The number of aliphatic hydroxyl groups excluding tert-OH is 1. The van der Waals surface area contributed by atoms with Crippen molar-refractivity contribution >= 4 is 31.9 Å². The lowest BCUT2D eigenvalue weighted by Gasteiger charge is -2.13. The van der Waals surface area contributed by atoms with Crippen LogP contribution in [0.1, 0.15) is 31.4 Å². The summed E-state index contributed by atoms with van der Waals surface area (Å²) >= 11 is 6.82. The van der Waals surface area contributed by atoms with Crippen LogP contribution in [-0.2, 0) is 0 Å². The second-order valence-electron chi connectivity index (χ2n) is 3.68. The topological polar surface area (TPSA) is 20.2 Å². The quantitative estimate of drug-likeness (QED) is 0.798.